The van der Waals surface area contributed by atoms with Gasteiger partial charge in [-0.1, -0.05) is 17.4 Å². The third-order valence-corrected chi connectivity index (χ3v) is 3.96. The molecular formula is C15H15N3S. The lowest BCUT2D eigenvalue weighted by atomic mass is 10.2. The number of hydrogen-bond acceptors (Lipinski definition) is 4. The molecule has 3 nitrogen and oxygen atoms in total. The summed E-state index contributed by atoms with van der Waals surface area (Å²) in [6.07, 6.45) is 0. The number of nitrogens with zero attached hydrogens (tertiary/aromatic N) is 2. The van der Waals surface area contributed by atoms with E-state index in [1.54, 1.807) is 11.3 Å². The molecule has 0 unspecified atom stereocenters. The molecule has 2 aromatic heterocycles. The molecule has 1 aromatic carbocycles. The number of rotatable bonds is 2. The van der Waals surface area contributed by atoms with E-state index in [1.165, 1.54) is 10.3 Å². The largest absolute Gasteiger partial charge is 0.330 e. The van der Waals surface area contributed by atoms with Crippen molar-refractivity contribution in [2.75, 3.05) is 5.32 Å². The molecule has 0 aliphatic carbocycles. The molecule has 0 fully saturated rings. The van der Waals surface area contributed by atoms with Gasteiger partial charge in [0.25, 0.3) is 0 Å². The molecule has 0 spiro atoms. The third kappa shape index (κ3) is 2.44. The molecule has 0 aliphatic heterocycles. The Labute approximate surface area is 116 Å². The van der Waals surface area contributed by atoms with Gasteiger partial charge >= 0.3 is 0 Å². The van der Waals surface area contributed by atoms with Crippen molar-refractivity contribution in [2.24, 2.45) is 0 Å². The predicted molar refractivity (Wildman–Crippen MR) is 81.4 cm³/mol. The van der Waals surface area contributed by atoms with Gasteiger partial charge in [0.1, 0.15) is 0 Å². The normalized spacial score (nSPS) is 10.9. The van der Waals surface area contributed by atoms with Gasteiger partial charge in [-0.15, -0.1) is 0 Å². The summed E-state index contributed by atoms with van der Waals surface area (Å²) >= 11 is 1.66. The molecule has 0 bridgehead atoms. The van der Waals surface area contributed by atoms with Gasteiger partial charge in [0.15, 0.2) is 5.13 Å². The van der Waals surface area contributed by atoms with Crippen LogP contribution in [-0.2, 0) is 0 Å². The molecule has 0 radical (unpaired) electrons. The van der Waals surface area contributed by atoms with E-state index in [1.807, 2.05) is 19.9 Å². The Hall–Kier alpha value is -1.94. The summed E-state index contributed by atoms with van der Waals surface area (Å²) in [4.78, 5) is 9.06. The molecule has 1 N–H and O–H groups in total. The number of aryl methyl sites for hydroxylation is 3. The summed E-state index contributed by atoms with van der Waals surface area (Å²) < 4.78 is 1.20. The minimum Gasteiger partial charge on any atom is -0.330 e. The lowest BCUT2D eigenvalue weighted by Crippen LogP contribution is -1.95. The minimum atomic E-state index is 0.911. The Kier molecular flexibility index (Phi) is 2.95. The van der Waals surface area contributed by atoms with Crippen LogP contribution in [0.2, 0.25) is 0 Å². The highest BCUT2D eigenvalue weighted by molar-refractivity contribution is 7.22. The summed E-state index contributed by atoms with van der Waals surface area (Å²) in [5.41, 5.74) is 5.32. The van der Waals surface area contributed by atoms with Gasteiger partial charge in [-0.25, -0.2) is 4.98 Å². The number of anilines is 2. The SMILES string of the molecule is Cc1ccc2sc(Nc3ccc(C)nc3C)nc2c1. The first-order chi connectivity index (χ1) is 9.11. The lowest BCUT2D eigenvalue weighted by molar-refractivity contribution is 1.12. The van der Waals surface area contributed by atoms with Crippen LogP contribution in [0.25, 0.3) is 10.2 Å². The summed E-state index contributed by atoms with van der Waals surface area (Å²) in [6, 6.07) is 10.4. The zero-order valence-corrected chi connectivity index (χ0v) is 12.0. The second kappa shape index (κ2) is 4.63. The van der Waals surface area contributed by atoms with Crippen molar-refractivity contribution >= 4 is 32.4 Å². The van der Waals surface area contributed by atoms with Crippen molar-refractivity contribution in [2.45, 2.75) is 20.8 Å². The standard InChI is InChI=1S/C15H15N3S/c1-9-4-7-14-13(8-9)18-15(19-14)17-12-6-5-10(2)16-11(12)3/h4-8H,1-3H3,(H,17,18). The summed E-state index contributed by atoms with van der Waals surface area (Å²) in [5.74, 6) is 0. The highest BCUT2D eigenvalue weighted by Gasteiger charge is 2.06. The van der Waals surface area contributed by atoms with Gasteiger partial charge in [-0.2, -0.15) is 0 Å². The van der Waals surface area contributed by atoms with Crippen molar-refractivity contribution in [1.82, 2.24) is 9.97 Å². The van der Waals surface area contributed by atoms with E-state index >= 15 is 0 Å². The van der Waals surface area contributed by atoms with E-state index in [0.29, 0.717) is 0 Å². The van der Waals surface area contributed by atoms with Crippen LogP contribution in [0.3, 0.4) is 0 Å². The van der Waals surface area contributed by atoms with Gasteiger partial charge in [-0.05, 0) is 50.6 Å². The van der Waals surface area contributed by atoms with Gasteiger partial charge < -0.3 is 5.32 Å². The smallest absolute Gasteiger partial charge is 0.188 e. The number of fused-ring (bicyclic) bond motifs is 1. The van der Waals surface area contributed by atoms with E-state index in [-0.39, 0.29) is 0 Å². The third-order valence-electron chi connectivity index (χ3n) is 3.01. The molecule has 3 aromatic rings. The molecule has 0 saturated carbocycles. The number of thiazole rings is 1. The maximum absolute atomic E-state index is 4.61. The maximum Gasteiger partial charge on any atom is 0.188 e. The number of benzene rings is 1. The highest BCUT2D eigenvalue weighted by atomic mass is 32.1. The number of nitrogens with one attached hydrogen (secondary N) is 1. The van der Waals surface area contributed by atoms with Crippen molar-refractivity contribution in [1.29, 1.82) is 0 Å². The molecule has 0 aliphatic rings. The minimum absolute atomic E-state index is 0.911. The lowest BCUT2D eigenvalue weighted by Gasteiger charge is -2.06. The van der Waals surface area contributed by atoms with Crippen molar-refractivity contribution in [3.63, 3.8) is 0 Å². The fourth-order valence-corrected chi connectivity index (χ4v) is 2.88. The van der Waals surface area contributed by atoms with E-state index in [9.17, 15) is 0 Å². The molecule has 2 heterocycles. The monoisotopic (exact) mass is 269 g/mol. The molecule has 4 heteroatoms. The van der Waals surface area contributed by atoms with Crippen LogP contribution < -0.4 is 5.32 Å². The van der Waals surface area contributed by atoms with Crippen LogP contribution in [0.4, 0.5) is 10.8 Å². The first-order valence-electron chi connectivity index (χ1n) is 6.20. The average Bonchev–Trinajstić information content (AvgIpc) is 2.74. The first-order valence-corrected chi connectivity index (χ1v) is 7.02. The molecule has 96 valence electrons. The molecule has 0 amide bonds. The Balaban J connectivity index is 1.96. The molecule has 19 heavy (non-hydrogen) atoms. The molecular weight excluding hydrogens is 254 g/mol. The van der Waals surface area contributed by atoms with Gasteiger partial charge in [-0.3, -0.25) is 4.98 Å². The van der Waals surface area contributed by atoms with Crippen molar-refractivity contribution in [3.05, 3.63) is 47.3 Å². The number of pyridine rings is 1. The van der Waals surface area contributed by atoms with E-state index < -0.39 is 0 Å². The fourth-order valence-electron chi connectivity index (χ4n) is 2.02. The van der Waals surface area contributed by atoms with Gasteiger partial charge in [0, 0.05) is 5.69 Å². The Bertz CT molecular complexity index is 746. The summed E-state index contributed by atoms with van der Waals surface area (Å²) in [5, 5.41) is 4.26. The van der Waals surface area contributed by atoms with Crippen molar-refractivity contribution < 1.29 is 0 Å². The fraction of sp³-hybridized carbons (Fsp3) is 0.200. The quantitative estimate of drug-likeness (QED) is 0.751. The first kappa shape index (κ1) is 12.1. The van der Waals surface area contributed by atoms with Crippen LogP contribution in [0.15, 0.2) is 30.3 Å². The van der Waals surface area contributed by atoms with E-state index in [0.717, 1.165) is 27.7 Å². The Morgan fingerprint density at radius 3 is 2.63 bits per heavy atom. The topological polar surface area (TPSA) is 37.8 Å². The zero-order chi connectivity index (χ0) is 13.4. The zero-order valence-electron chi connectivity index (χ0n) is 11.2. The van der Waals surface area contributed by atoms with Crippen LogP contribution >= 0.6 is 11.3 Å². The average molecular weight is 269 g/mol. The van der Waals surface area contributed by atoms with Gasteiger partial charge in [0.2, 0.25) is 0 Å². The van der Waals surface area contributed by atoms with Crippen LogP contribution in [0.5, 0.6) is 0 Å². The van der Waals surface area contributed by atoms with Gasteiger partial charge in [0.05, 0.1) is 21.6 Å². The number of hydrogen-bond donors (Lipinski definition) is 1. The maximum atomic E-state index is 4.61. The highest BCUT2D eigenvalue weighted by Crippen LogP contribution is 2.29. The second-order valence-electron chi connectivity index (χ2n) is 4.70. The van der Waals surface area contributed by atoms with Crippen LogP contribution in [-0.4, -0.2) is 9.97 Å². The molecule has 0 saturated heterocycles. The molecule has 0 atom stereocenters. The van der Waals surface area contributed by atoms with E-state index in [4.69, 9.17) is 0 Å². The van der Waals surface area contributed by atoms with E-state index in [2.05, 4.69) is 46.5 Å². The van der Waals surface area contributed by atoms with Crippen LogP contribution in [0, 0.1) is 20.8 Å². The Morgan fingerprint density at radius 1 is 1.00 bits per heavy atom. The predicted octanol–water partition coefficient (Wildman–Crippen LogP) is 4.36. The summed E-state index contributed by atoms with van der Waals surface area (Å²) in [7, 11) is 0. The summed E-state index contributed by atoms with van der Waals surface area (Å²) in [6.45, 7) is 6.09. The van der Waals surface area contributed by atoms with Crippen molar-refractivity contribution in [3.8, 4) is 0 Å². The van der Waals surface area contributed by atoms with Crippen LogP contribution in [0.1, 0.15) is 17.0 Å². The molecule has 3 rings (SSSR count). The number of aromatic nitrogens is 2. The second-order valence-corrected chi connectivity index (χ2v) is 5.73. The Morgan fingerprint density at radius 2 is 1.84 bits per heavy atom.